The SMILES string of the molecule is OC1COc2ccc3ccccc3c2C1Cl. The van der Waals surface area contributed by atoms with Gasteiger partial charge in [0.1, 0.15) is 18.5 Å². The molecule has 2 unspecified atom stereocenters. The van der Waals surface area contributed by atoms with E-state index in [0.29, 0.717) is 0 Å². The van der Waals surface area contributed by atoms with Crippen LogP contribution in [0.25, 0.3) is 10.8 Å². The number of hydrogen-bond donors (Lipinski definition) is 1. The molecule has 0 spiro atoms. The standard InChI is InChI=1S/C13H11ClO2/c14-13-10(15)7-16-11-6-5-8-3-1-2-4-9(8)12(11)13/h1-6,10,13,15H,7H2. The predicted molar refractivity (Wildman–Crippen MR) is 64.0 cm³/mol. The molecule has 2 aromatic carbocycles. The second-order valence-corrected chi connectivity index (χ2v) is 4.45. The van der Waals surface area contributed by atoms with Gasteiger partial charge in [0, 0.05) is 5.56 Å². The summed E-state index contributed by atoms with van der Waals surface area (Å²) in [7, 11) is 0. The lowest BCUT2D eigenvalue weighted by Gasteiger charge is -2.27. The van der Waals surface area contributed by atoms with Crippen molar-refractivity contribution in [1.82, 2.24) is 0 Å². The summed E-state index contributed by atoms with van der Waals surface area (Å²) >= 11 is 6.25. The van der Waals surface area contributed by atoms with E-state index in [9.17, 15) is 5.11 Å². The first-order valence-corrected chi connectivity index (χ1v) is 5.67. The summed E-state index contributed by atoms with van der Waals surface area (Å²) in [5, 5.41) is 11.5. The van der Waals surface area contributed by atoms with Crippen LogP contribution in [-0.2, 0) is 0 Å². The van der Waals surface area contributed by atoms with E-state index in [4.69, 9.17) is 16.3 Å². The zero-order valence-electron chi connectivity index (χ0n) is 8.56. The fourth-order valence-electron chi connectivity index (χ4n) is 2.14. The van der Waals surface area contributed by atoms with Crippen molar-refractivity contribution < 1.29 is 9.84 Å². The van der Waals surface area contributed by atoms with Crippen LogP contribution in [0.1, 0.15) is 10.9 Å². The molecule has 0 radical (unpaired) electrons. The van der Waals surface area contributed by atoms with E-state index in [1.165, 1.54) is 0 Å². The largest absolute Gasteiger partial charge is 0.490 e. The molecule has 1 aliphatic rings. The number of benzene rings is 2. The predicted octanol–water partition coefficient (Wildman–Crippen LogP) is 2.87. The fraction of sp³-hybridized carbons (Fsp3) is 0.231. The Kier molecular flexibility index (Phi) is 2.27. The summed E-state index contributed by atoms with van der Waals surface area (Å²) in [6, 6.07) is 11.9. The van der Waals surface area contributed by atoms with Crippen LogP contribution < -0.4 is 4.74 Å². The molecule has 2 nitrogen and oxygen atoms in total. The number of hydrogen-bond acceptors (Lipinski definition) is 2. The molecule has 0 aromatic heterocycles. The van der Waals surface area contributed by atoms with Crippen molar-refractivity contribution >= 4 is 22.4 Å². The van der Waals surface area contributed by atoms with Crippen LogP contribution in [0.5, 0.6) is 5.75 Å². The second kappa shape index (κ2) is 3.65. The van der Waals surface area contributed by atoms with Crippen LogP contribution in [-0.4, -0.2) is 17.8 Å². The van der Waals surface area contributed by atoms with E-state index >= 15 is 0 Å². The van der Waals surface area contributed by atoms with Crippen molar-refractivity contribution in [1.29, 1.82) is 0 Å². The quantitative estimate of drug-likeness (QED) is 0.711. The molecular formula is C13H11ClO2. The van der Waals surface area contributed by atoms with E-state index in [-0.39, 0.29) is 6.61 Å². The average molecular weight is 235 g/mol. The minimum Gasteiger partial charge on any atom is -0.490 e. The van der Waals surface area contributed by atoms with E-state index in [2.05, 4.69) is 0 Å². The Labute approximate surface area is 98.4 Å². The number of aliphatic hydroxyl groups excluding tert-OH is 1. The van der Waals surface area contributed by atoms with Crippen molar-refractivity contribution in [2.45, 2.75) is 11.5 Å². The zero-order valence-corrected chi connectivity index (χ0v) is 9.32. The molecule has 0 bridgehead atoms. The van der Waals surface area contributed by atoms with E-state index in [1.807, 2.05) is 36.4 Å². The Morgan fingerprint density at radius 3 is 2.88 bits per heavy atom. The lowest BCUT2D eigenvalue weighted by molar-refractivity contribution is 0.0882. The first-order chi connectivity index (χ1) is 7.77. The molecule has 82 valence electrons. The second-order valence-electron chi connectivity index (χ2n) is 3.98. The van der Waals surface area contributed by atoms with Gasteiger partial charge in [0.05, 0.1) is 5.38 Å². The van der Waals surface area contributed by atoms with Gasteiger partial charge in [-0.05, 0) is 16.8 Å². The molecule has 0 saturated carbocycles. The first-order valence-electron chi connectivity index (χ1n) is 5.24. The number of ether oxygens (including phenoxy) is 1. The first kappa shape index (κ1) is 9.94. The Bertz CT molecular complexity index is 538. The molecular weight excluding hydrogens is 224 g/mol. The highest BCUT2D eigenvalue weighted by molar-refractivity contribution is 6.22. The monoisotopic (exact) mass is 234 g/mol. The third-order valence-corrected chi connectivity index (χ3v) is 3.46. The lowest BCUT2D eigenvalue weighted by atomic mass is 9.97. The molecule has 3 rings (SSSR count). The molecule has 2 atom stereocenters. The maximum atomic E-state index is 9.73. The molecule has 16 heavy (non-hydrogen) atoms. The van der Waals surface area contributed by atoms with Crippen molar-refractivity contribution in [3.8, 4) is 5.75 Å². The molecule has 0 fully saturated rings. The Morgan fingerprint density at radius 2 is 2.00 bits per heavy atom. The number of rotatable bonds is 0. The molecule has 1 N–H and O–H groups in total. The van der Waals surface area contributed by atoms with Gasteiger partial charge in [0.15, 0.2) is 0 Å². The van der Waals surface area contributed by atoms with Gasteiger partial charge in [-0.2, -0.15) is 0 Å². The van der Waals surface area contributed by atoms with E-state index < -0.39 is 11.5 Å². The number of halogens is 1. The highest BCUT2D eigenvalue weighted by Crippen LogP contribution is 2.41. The number of alkyl halides is 1. The maximum Gasteiger partial charge on any atom is 0.124 e. The van der Waals surface area contributed by atoms with Gasteiger partial charge in [-0.1, -0.05) is 30.3 Å². The molecule has 0 aliphatic carbocycles. The van der Waals surface area contributed by atoms with Crippen LogP contribution >= 0.6 is 11.6 Å². The summed E-state index contributed by atoms with van der Waals surface area (Å²) in [6.45, 7) is 0.263. The number of aliphatic hydroxyl groups is 1. The maximum absolute atomic E-state index is 9.73. The zero-order chi connectivity index (χ0) is 11.1. The molecule has 1 heterocycles. The van der Waals surface area contributed by atoms with Crippen LogP contribution in [0.15, 0.2) is 36.4 Å². The summed E-state index contributed by atoms with van der Waals surface area (Å²) in [5.74, 6) is 0.781. The third kappa shape index (κ3) is 1.38. The molecule has 3 heteroatoms. The van der Waals surface area contributed by atoms with Gasteiger partial charge in [0.25, 0.3) is 0 Å². The molecule has 2 aromatic rings. The summed E-state index contributed by atoms with van der Waals surface area (Å²) < 4.78 is 5.48. The smallest absolute Gasteiger partial charge is 0.124 e. The summed E-state index contributed by atoms with van der Waals surface area (Å²) in [6.07, 6.45) is -0.639. The minimum atomic E-state index is -0.639. The van der Waals surface area contributed by atoms with Crippen molar-refractivity contribution in [3.63, 3.8) is 0 Å². The third-order valence-electron chi connectivity index (χ3n) is 2.95. The normalized spacial score (nSPS) is 23.9. The highest BCUT2D eigenvalue weighted by Gasteiger charge is 2.29. The van der Waals surface area contributed by atoms with Crippen LogP contribution in [0.2, 0.25) is 0 Å². The van der Waals surface area contributed by atoms with E-state index in [1.54, 1.807) is 0 Å². The van der Waals surface area contributed by atoms with Gasteiger partial charge in [0.2, 0.25) is 0 Å². The van der Waals surface area contributed by atoms with Gasteiger partial charge in [-0.3, -0.25) is 0 Å². The van der Waals surface area contributed by atoms with Gasteiger partial charge in [-0.25, -0.2) is 0 Å². The van der Waals surface area contributed by atoms with Crippen LogP contribution in [0.4, 0.5) is 0 Å². The van der Waals surface area contributed by atoms with Crippen molar-refractivity contribution in [2.75, 3.05) is 6.61 Å². The molecule has 1 aliphatic heterocycles. The van der Waals surface area contributed by atoms with Crippen molar-refractivity contribution in [3.05, 3.63) is 42.0 Å². The van der Waals surface area contributed by atoms with E-state index in [0.717, 1.165) is 22.1 Å². The van der Waals surface area contributed by atoms with Gasteiger partial charge >= 0.3 is 0 Å². The fourth-order valence-corrected chi connectivity index (χ4v) is 2.44. The lowest BCUT2D eigenvalue weighted by Crippen LogP contribution is -2.27. The van der Waals surface area contributed by atoms with Crippen LogP contribution in [0, 0.1) is 0 Å². The number of fused-ring (bicyclic) bond motifs is 3. The summed E-state index contributed by atoms with van der Waals surface area (Å²) in [4.78, 5) is 0. The van der Waals surface area contributed by atoms with Crippen LogP contribution in [0.3, 0.4) is 0 Å². The van der Waals surface area contributed by atoms with Gasteiger partial charge in [-0.15, -0.1) is 11.6 Å². The molecule has 0 saturated heterocycles. The average Bonchev–Trinajstić information content (AvgIpc) is 2.33. The topological polar surface area (TPSA) is 29.5 Å². The van der Waals surface area contributed by atoms with Gasteiger partial charge < -0.3 is 9.84 Å². The van der Waals surface area contributed by atoms with Crippen molar-refractivity contribution in [2.24, 2.45) is 0 Å². The Hall–Kier alpha value is -1.25. The Morgan fingerprint density at radius 1 is 1.19 bits per heavy atom. The highest BCUT2D eigenvalue weighted by atomic mass is 35.5. The summed E-state index contributed by atoms with van der Waals surface area (Å²) in [5.41, 5.74) is 0.901. The Balaban J connectivity index is 2.32. The molecule has 0 amide bonds. The minimum absolute atomic E-state index is 0.263.